The Labute approximate surface area is 136 Å². The molecule has 1 N–H and O–H groups in total. The summed E-state index contributed by atoms with van der Waals surface area (Å²) in [5.74, 6) is -1.00. The van der Waals surface area contributed by atoms with Crippen LogP contribution in [0.3, 0.4) is 0 Å². The summed E-state index contributed by atoms with van der Waals surface area (Å²) < 4.78 is 38.0. The van der Waals surface area contributed by atoms with E-state index in [1.165, 1.54) is 17.0 Å². The van der Waals surface area contributed by atoms with Crippen molar-refractivity contribution in [1.82, 2.24) is 0 Å². The van der Waals surface area contributed by atoms with E-state index in [4.69, 9.17) is 0 Å². The molecule has 1 amide bonds. The van der Waals surface area contributed by atoms with Gasteiger partial charge in [0.1, 0.15) is 0 Å². The maximum atomic E-state index is 12.7. The van der Waals surface area contributed by atoms with Gasteiger partial charge in [-0.05, 0) is 36.8 Å². The van der Waals surface area contributed by atoms with Gasteiger partial charge in [0.25, 0.3) is 5.91 Å². The molecule has 3 nitrogen and oxygen atoms in total. The molecule has 1 unspecified atom stereocenters. The third kappa shape index (κ3) is 2.64. The van der Waals surface area contributed by atoms with Gasteiger partial charge in [-0.2, -0.15) is 13.2 Å². The van der Waals surface area contributed by atoms with Crippen LogP contribution in [0.4, 0.5) is 18.9 Å². The molecule has 0 fully saturated rings. The molecule has 2 aromatic carbocycles. The van der Waals surface area contributed by atoms with Gasteiger partial charge in [-0.25, -0.2) is 0 Å². The monoisotopic (exact) mass is 333 g/mol. The van der Waals surface area contributed by atoms with Gasteiger partial charge in [0.15, 0.2) is 5.76 Å². The van der Waals surface area contributed by atoms with E-state index in [0.29, 0.717) is 16.8 Å². The van der Waals surface area contributed by atoms with Crippen LogP contribution in [0.5, 0.6) is 0 Å². The average Bonchev–Trinajstić information content (AvgIpc) is 2.77. The van der Waals surface area contributed by atoms with E-state index < -0.39 is 29.4 Å². The first-order chi connectivity index (χ1) is 11.3. The molecule has 2 aromatic rings. The van der Waals surface area contributed by atoms with Crippen molar-refractivity contribution < 1.29 is 23.1 Å². The van der Waals surface area contributed by atoms with Gasteiger partial charge in [0.2, 0.25) is 0 Å². The molecule has 1 aliphatic heterocycles. The van der Waals surface area contributed by atoms with Crippen LogP contribution in [0.2, 0.25) is 0 Å². The smallest absolute Gasteiger partial charge is 0.416 e. The highest BCUT2D eigenvalue weighted by Crippen LogP contribution is 2.37. The van der Waals surface area contributed by atoms with Crippen LogP contribution in [0, 0.1) is 0 Å². The number of benzene rings is 2. The molecule has 3 rings (SSSR count). The zero-order valence-corrected chi connectivity index (χ0v) is 12.7. The third-order valence-corrected chi connectivity index (χ3v) is 4.04. The fraction of sp³-hybridized carbons (Fsp3) is 0.167. The number of hydrogen-bond acceptors (Lipinski definition) is 2. The van der Waals surface area contributed by atoms with Crippen molar-refractivity contribution >= 4 is 17.2 Å². The number of hydrogen-bond donors (Lipinski definition) is 1. The highest BCUT2D eigenvalue weighted by molar-refractivity contribution is 6.15. The van der Waals surface area contributed by atoms with Crippen molar-refractivity contribution in [3.63, 3.8) is 0 Å². The Bertz CT molecular complexity index is 795. The lowest BCUT2D eigenvalue weighted by atomic mass is 9.99. The molecule has 0 aromatic heterocycles. The van der Waals surface area contributed by atoms with Crippen LogP contribution in [0.15, 0.2) is 60.4 Å². The van der Waals surface area contributed by atoms with Crippen molar-refractivity contribution in [2.45, 2.75) is 19.1 Å². The van der Waals surface area contributed by atoms with E-state index in [-0.39, 0.29) is 0 Å². The number of carbonyl (C=O) groups is 1. The van der Waals surface area contributed by atoms with Crippen LogP contribution >= 0.6 is 0 Å². The topological polar surface area (TPSA) is 40.5 Å². The molecule has 1 aliphatic rings. The highest BCUT2D eigenvalue weighted by Gasteiger charge is 2.38. The predicted molar refractivity (Wildman–Crippen MR) is 84.4 cm³/mol. The fourth-order valence-electron chi connectivity index (χ4n) is 2.88. The minimum Gasteiger partial charge on any atom is -0.503 e. The van der Waals surface area contributed by atoms with Gasteiger partial charge >= 0.3 is 6.18 Å². The maximum Gasteiger partial charge on any atom is 0.416 e. The number of aliphatic hydroxyl groups excluding tert-OH is 1. The van der Waals surface area contributed by atoms with Crippen LogP contribution in [-0.2, 0) is 11.0 Å². The number of carbonyl (C=O) groups excluding carboxylic acids is 1. The zero-order chi connectivity index (χ0) is 17.5. The van der Waals surface area contributed by atoms with Gasteiger partial charge < -0.3 is 5.11 Å². The minimum atomic E-state index is -4.43. The highest BCUT2D eigenvalue weighted by atomic mass is 19.4. The Kier molecular flexibility index (Phi) is 3.83. The van der Waals surface area contributed by atoms with E-state index in [2.05, 4.69) is 0 Å². The zero-order valence-electron chi connectivity index (χ0n) is 12.7. The van der Waals surface area contributed by atoms with Gasteiger partial charge in [0, 0.05) is 11.3 Å². The minimum absolute atomic E-state index is 0.317. The van der Waals surface area contributed by atoms with Gasteiger partial charge in [-0.15, -0.1) is 0 Å². The van der Waals surface area contributed by atoms with E-state index in [1.54, 1.807) is 37.3 Å². The summed E-state index contributed by atoms with van der Waals surface area (Å²) in [5.41, 5.74) is 0.545. The fourth-order valence-corrected chi connectivity index (χ4v) is 2.88. The number of alkyl halides is 3. The summed E-state index contributed by atoms with van der Waals surface area (Å²) in [6.45, 7) is 1.72. The molecule has 1 atom stereocenters. The Hall–Kier alpha value is -2.76. The number of anilines is 1. The van der Waals surface area contributed by atoms with E-state index in [9.17, 15) is 23.1 Å². The largest absolute Gasteiger partial charge is 0.503 e. The molecule has 6 heteroatoms. The van der Waals surface area contributed by atoms with Crippen LogP contribution in [0.25, 0.3) is 5.57 Å². The van der Waals surface area contributed by atoms with Crippen LogP contribution in [0.1, 0.15) is 18.1 Å². The number of rotatable bonds is 2. The molecule has 0 saturated carbocycles. The number of nitrogens with zero attached hydrogens (tertiary/aromatic N) is 1. The van der Waals surface area contributed by atoms with Crippen LogP contribution in [-0.4, -0.2) is 17.1 Å². The molecular formula is C18H14F3NO2. The predicted octanol–water partition coefficient (Wildman–Crippen LogP) is 4.41. The second kappa shape index (κ2) is 5.70. The molecule has 0 bridgehead atoms. The standard InChI is InChI=1S/C18H14F3NO2/c1-11-15(12-7-9-13(10-8-12)18(19,20)21)16(23)17(24)22(11)14-5-3-2-4-6-14/h2-11,23H,1H3. The molecular weight excluding hydrogens is 319 g/mol. The molecule has 0 aliphatic carbocycles. The SMILES string of the molecule is CC1C(c2ccc(C(F)(F)F)cc2)=C(O)C(=O)N1c1ccccc1. The quantitative estimate of drug-likeness (QED) is 0.884. The molecule has 0 radical (unpaired) electrons. The second-order valence-electron chi connectivity index (χ2n) is 5.52. The van der Waals surface area contributed by atoms with E-state index in [1.807, 2.05) is 0 Å². The van der Waals surface area contributed by atoms with Gasteiger partial charge in [0.05, 0.1) is 11.6 Å². The lowest BCUT2D eigenvalue weighted by Crippen LogP contribution is -2.33. The van der Waals surface area contributed by atoms with E-state index in [0.717, 1.165) is 12.1 Å². The first-order valence-electron chi connectivity index (χ1n) is 7.30. The Morgan fingerprint density at radius 3 is 2.12 bits per heavy atom. The molecule has 1 heterocycles. The summed E-state index contributed by atoms with van der Waals surface area (Å²) >= 11 is 0. The maximum absolute atomic E-state index is 12.7. The first-order valence-corrected chi connectivity index (χ1v) is 7.30. The second-order valence-corrected chi connectivity index (χ2v) is 5.52. The number of amides is 1. The number of para-hydroxylation sites is 1. The summed E-state index contributed by atoms with van der Waals surface area (Å²) in [7, 11) is 0. The molecule has 124 valence electrons. The van der Waals surface area contributed by atoms with Gasteiger partial charge in [-0.1, -0.05) is 30.3 Å². The number of halogens is 3. The molecule has 0 saturated heterocycles. The number of aliphatic hydroxyl groups is 1. The van der Waals surface area contributed by atoms with Crippen molar-refractivity contribution in [3.8, 4) is 0 Å². The summed E-state index contributed by atoms with van der Waals surface area (Å²) in [6, 6.07) is 12.7. The Morgan fingerprint density at radius 1 is 1.00 bits per heavy atom. The molecule has 24 heavy (non-hydrogen) atoms. The summed E-state index contributed by atoms with van der Waals surface area (Å²) in [5, 5.41) is 10.2. The van der Waals surface area contributed by atoms with E-state index >= 15 is 0 Å². The normalized spacial score (nSPS) is 18.4. The van der Waals surface area contributed by atoms with Crippen molar-refractivity contribution in [2.75, 3.05) is 4.90 Å². The van der Waals surface area contributed by atoms with Crippen molar-refractivity contribution in [1.29, 1.82) is 0 Å². The first kappa shape index (κ1) is 16.1. The summed E-state index contributed by atoms with van der Waals surface area (Å²) in [6.07, 6.45) is -4.43. The van der Waals surface area contributed by atoms with Crippen LogP contribution < -0.4 is 4.90 Å². The Balaban J connectivity index is 1.98. The van der Waals surface area contributed by atoms with Gasteiger partial charge in [-0.3, -0.25) is 9.69 Å². The summed E-state index contributed by atoms with van der Waals surface area (Å²) in [4.78, 5) is 13.8. The lowest BCUT2D eigenvalue weighted by molar-refractivity contribution is -0.137. The Morgan fingerprint density at radius 2 is 1.58 bits per heavy atom. The average molecular weight is 333 g/mol. The third-order valence-electron chi connectivity index (χ3n) is 4.04. The molecule has 0 spiro atoms. The lowest BCUT2D eigenvalue weighted by Gasteiger charge is -2.23. The van der Waals surface area contributed by atoms with Crippen molar-refractivity contribution in [2.24, 2.45) is 0 Å². The van der Waals surface area contributed by atoms with Crippen molar-refractivity contribution in [3.05, 3.63) is 71.5 Å².